The van der Waals surface area contributed by atoms with E-state index in [1.165, 1.54) is 4.88 Å². The molecular weight excluding hydrogens is 288 g/mol. The molecule has 1 aromatic carbocycles. The minimum absolute atomic E-state index is 0.284. The molecule has 0 fully saturated rings. The van der Waals surface area contributed by atoms with E-state index in [-0.39, 0.29) is 12.8 Å². The van der Waals surface area contributed by atoms with Gasteiger partial charge < -0.3 is 19.5 Å². The molecule has 1 aromatic heterocycles. The number of fused-ring (bicyclic) bond motifs is 1. The first-order valence-electron chi connectivity index (χ1n) is 6.90. The number of thiazole rings is 1. The van der Waals surface area contributed by atoms with Crippen molar-refractivity contribution in [3.63, 3.8) is 0 Å². The number of hydrogen-bond acceptors (Lipinski definition) is 6. The van der Waals surface area contributed by atoms with Gasteiger partial charge >= 0.3 is 0 Å². The highest BCUT2D eigenvalue weighted by molar-refractivity contribution is 7.11. The van der Waals surface area contributed by atoms with E-state index in [1.54, 1.807) is 11.3 Å². The summed E-state index contributed by atoms with van der Waals surface area (Å²) in [7, 11) is 0. The van der Waals surface area contributed by atoms with Crippen LogP contribution in [0.2, 0.25) is 0 Å². The zero-order chi connectivity index (χ0) is 14.7. The fourth-order valence-corrected chi connectivity index (χ4v) is 2.90. The summed E-state index contributed by atoms with van der Waals surface area (Å²) < 4.78 is 16.3. The molecule has 1 aliphatic heterocycles. The first-order valence-corrected chi connectivity index (χ1v) is 7.72. The molecule has 1 N–H and O–H groups in total. The molecule has 1 atom stereocenters. The van der Waals surface area contributed by atoms with Crippen LogP contribution in [-0.4, -0.2) is 24.9 Å². The first-order chi connectivity index (χ1) is 10.2. The van der Waals surface area contributed by atoms with Gasteiger partial charge in [-0.2, -0.15) is 0 Å². The van der Waals surface area contributed by atoms with Crippen molar-refractivity contribution in [2.24, 2.45) is 0 Å². The molecule has 0 spiro atoms. The molecule has 0 saturated heterocycles. The lowest BCUT2D eigenvalue weighted by Gasteiger charge is -2.12. The van der Waals surface area contributed by atoms with E-state index in [2.05, 4.69) is 17.2 Å². The second kappa shape index (κ2) is 6.32. The maximum atomic E-state index is 5.71. The van der Waals surface area contributed by atoms with Crippen molar-refractivity contribution in [2.75, 3.05) is 19.9 Å². The fourth-order valence-electron chi connectivity index (χ4n) is 2.09. The van der Waals surface area contributed by atoms with Gasteiger partial charge in [-0.1, -0.05) is 0 Å². The Bertz CT molecular complexity index is 615. The molecule has 1 aliphatic rings. The predicted octanol–water partition coefficient (Wildman–Crippen LogP) is 2.91. The van der Waals surface area contributed by atoms with Gasteiger partial charge in [0.25, 0.3) is 0 Å². The Morgan fingerprint density at radius 2 is 2.24 bits per heavy atom. The summed E-state index contributed by atoms with van der Waals surface area (Å²) in [5, 5.41) is 4.52. The average Bonchev–Trinajstić information content (AvgIpc) is 3.11. The molecule has 2 heterocycles. The molecule has 3 rings (SSSR count). The normalized spacial score (nSPS) is 14.2. The molecule has 1 unspecified atom stereocenters. The molecular formula is C15H18N2O3S. The Balaban J connectivity index is 1.44. The van der Waals surface area contributed by atoms with Gasteiger partial charge in [-0.25, -0.2) is 4.98 Å². The van der Waals surface area contributed by atoms with Gasteiger partial charge in [-0.3, -0.25) is 0 Å². The highest BCUT2D eigenvalue weighted by Crippen LogP contribution is 2.35. The van der Waals surface area contributed by atoms with Crippen LogP contribution < -0.4 is 19.5 Å². The van der Waals surface area contributed by atoms with Crippen LogP contribution in [0.25, 0.3) is 0 Å². The molecule has 112 valence electrons. The molecule has 0 aliphatic carbocycles. The average molecular weight is 306 g/mol. The van der Waals surface area contributed by atoms with Gasteiger partial charge in [0, 0.05) is 29.7 Å². The fraction of sp³-hybridized carbons (Fsp3) is 0.400. The van der Waals surface area contributed by atoms with Crippen molar-refractivity contribution in [3.05, 3.63) is 34.3 Å². The Morgan fingerprint density at radius 3 is 3.05 bits per heavy atom. The van der Waals surface area contributed by atoms with Gasteiger partial charge in [0.15, 0.2) is 11.5 Å². The Morgan fingerprint density at radius 1 is 1.38 bits per heavy atom. The smallest absolute Gasteiger partial charge is 0.231 e. The van der Waals surface area contributed by atoms with Crippen LogP contribution in [0.4, 0.5) is 0 Å². The van der Waals surface area contributed by atoms with E-state index < -0.39 is 0 Å². The summed E-state index contributed by atoms with van der Waals surface area (Å²) in [5.74, 6) is 2.31. The number of nitrogens with one attached hydrogen (secondary N) is 1. The van der Waals surface area contributed by atoms with Crippen molar-refractivity contribution in [3.8, 4) is 17.2 Å². The number of nitrogens with zero attached hydrogens (tertiary/aromatic N) is 1. The summed E-state index contributed by atoms with van der Waals surface area (Å²) in [5.41, 5.74) is 0. The van der Waals surface area contributed by atoms with Crippen molar-refractivity contribution in [1.29, 1.82) is 0 Å². The van der Waals surface area contributed by atoms with Crippen LogP contribution in [0.15, 0.2) is 24.4 Å². The zero-order valence-electron chi connectivity index (χ0n) is 12.1. The van der Waals surface area contributed by atoms with Crippen molar-refractivity contribution in [1.82, 2.24) is 10.3 Å². The highest BCUT2D eigenvalue weighted by atomic mass is 32.1. The number of benzene rings is 1. The number of ether oxygens (including phenoxy) is 3. The van der Waals surface area contributed by atoms with E-state index in [0.717, 1.165) is 28.8 Å². The first kappa shape index (κ1) is 14.2. The third-order valence-electron chi connectivity index (χ3n) is 3.23. The predicted molar refractivity (Wildman–Crippen MR) is 81.3 cm³/mol. The van der Waals surface area contributed by atoms with Crippen LogP contribution in [0, 0.1) is 6.92 Å². The minimum Gasteiger partial charge on any atom is -0.492 e. The van der Waals surface area contributed by atoms with Gasteiger partial charge in [-0.15, -0.1) is 11.3 Å². The standard InChI is InChI=1S/C15H18N2O3S/c1-10(15-8-17-11(2)21-15)16-5-6-18-12-3-4-13-14(7-12)20-9-19-13/h3-4,7-8,10,16H,5-6,9H2,1-2H3. The van der Waals surface area contributed by atoms with Crippen molar-refractivity contribution < 1.29 is 14.2 Å². The summed E-state index contributed by atoms with van der Waals surface area (Å²) in [6.45, 7) is 5.80. The van der Waals surface area contributed by atoms with Crippen LogP contribution in [0.3, 0.4) is 0 Å². The van der Waals surface area contributed by atoms with Gasteiger partial charge in [0.2, 0.25) is 6.79 Å². The molecule has 5 nitrogen and oxygen atoms in total. The Hall–Kier alpha value is -1.79. The lowest BCUT2D eigenvalue weighted by atomic mass is 10.3. The van der Waals surface area contributed by atoms with Crippen molar-refractivity contribution >= 4 is 11.3 Å². The van der Waals surface area contributed by atoms with Crippen molar-refractivity contribution in [2.45, 2.75) is 19.9 Å². The van der Waals surface area contributed by atoms with E-state index in [9.17, 15) is 0 Å². The van der Waals surface area contributed by atoms with E-state index in [0.29, 0.717) is 6.61 Å². The van der Waals surface area contributed by atoms with E-state index in [1.807, 2.05) is 31.3 Å². The molecule has 21 heavy (non-hydrogen) atoms. The van der Waals surface area contributed by atoms with E-state index >= 15 is 0 Å². The summed E-state index contributed by atoms with van der Waals surface area (Å²) in [6, 6.07) is 5.91. The lowest BCUT2D eigenvalue weighted by Crippen LogP contribution is -2.23. The quantitative estimate of drug-likeness (QED) is 0.832. The van der Waals surface area contributed by atoms with Crippen LogP contribution in [0.5, 0.6) is 17.2 Å². The van der Waals surface area contributed by atoms with Crippen LogP contribution in [-0.2, 0) is 0 Å². The lowest BCUT2D eigenvalue weighted by molar-refractivity contribution is 0.173. The molecule has 0 amide bonds. The summed E-state index contributed by atoms with van der Waals surface area (Å²) in [6.07, 6.45) is 1.93. The number of rotatable bonds is 6. The molecule has 0 bridgehead atoms. The third-order valence-corrected chi connectivity index (χ3v) is 4.33. The molecule has 2 aromatic rings. The maximum absolute atomic E-state index is 5.71. The minimum atomic E-state index is 0.284. The topological polar surface area (TPSA) is 52.6 Å². The second-order valence-electron chi connectivity index (χ2n) is 4.82. The second-order valence-corrected chi connectivity index (χ2v) is 6.09. The zero-order valence-corrected chi connectivity index (χ0v) is 12.9. The molecule has 0 radical (unpaired) electrons. The highest BCUT2D eigenvalue weighted by Gasteiger charge is 2.13. The van der Waals surface area contributed by atoms with Gasteiger partial charge in [0.1, 0.15) is 12.4 Å². The Kier molecular flexibility index (Phi) is 4.26. The largest absolute Gasteiger partial charge is 0.492 e. The monoisotopic (exact) mass is 306 g/mol. The third kappa shape index (κ3) is 3.46. The van der Waals surface area contributed by atoms with Gasteiger partial charge in [0.05, 0.1) is 5.01 Å². The maximum Gasteiger partial charge on any atom is 0.231 e. The summed E-state index contributed by atoms with van der Waals surface area (Å²) in [4.78, 5) is 5.51. The van der Waals surface area contributed by atoms with Gasteiger partial charge in [-0.05, 0) is 26.0 Å². The molecule has 0 saturated carbocycles. The number of aryl methyl sites for hydroxylation is 1. The number of aromatic nitrogens is 1. The molecule has 6 heteroatoms. The SMILES string of the molecule is Cc1ncc(C(C)NCCOc2ccc3c(c2)OCO3)s1. The number of hydrogen-bond donors (Lipinski definition) is 1. The van der Waals surface area contributed by atoms with Crippen LogP contribution >= 0.6 is 11.3 Å². The van der Waals surface area contributed by atoms with E-state index in [4.69, 9.17) is 14.2 Å². The Labute approximate surface area is 127 Å². The van der Waals surface area contributed by atoms with Crippen LogP contribution in [0.1, 0.15) is 22.9 Å². The summed E-state index contributed by atoms with van der Waals surface area (Å²) >= 11 is 1.72.